The molecule has 1 aliphatic heterocycles. The highest BCUT2D eigenvalue weighted by atomic mass is 32.2. The third-order valence-corrected chi connectivity index (χ3v) is 5.67. The van der Waals surface area contributed by atoms with Gasteiger partial charge in [-0.3, -0.25) is 4.79 Å². The fourth-order valence-electron chi connectivity index (χ4n) is 2.96. The Bertz CT molecular complexity index is 1370. The monoisotopic (exact) mass is 476 g/mol. The largest absolute Gasteiger partial charge is 0.486 e. The minimum atomic E-state index is -4.50. The number of esters is 1. The lowest BCUT2D eigenvalue weighted by Crippen LogP contribution is -2.26. The summed E-state index contributed by atoms with van der Waals surface area (Å²) in [5.74, 6) is -1.59. The number of benzene rings is 2. The van der Waals surface area contributed by atoms with Crippen molar-refractivity contribution < 1.29 is 36.0 Å². The Labute approximate surface area is 187 Å². The zero-order valence-electron chi connectivity index (χ0n) is 17.2. The van der Waals surface area contributed by atoms with E-state index in [9.17, 15) is 22.4 Å². The van der Waals surface area contributed by atoms with Crippen LogP contribution in [0.1, 0.15) is 17.4 Å². The van der Waals surface area contributed by atoms with Gasteiger partial charge in [-0.15, -0.1) is 0 Å². The van der Waals surface area contributed by atoms with E-state index in [1.54, 1.807) is 6.92 Å². The Morgan fingerprint density at radius 1 is 1.09 bits per heavy atom. The first-order valence-corrected chi connectivity index (χ1v) is 11.1. The molecule has 1 aliphatic rings. The van der Waals surface area contributed by atoms with Crippen molar-refractivity contribution >= 4 is 16.1 Å². The summed E-state index contributed by atoms with van der Waals surface area (Å²) in [6.07, 6.45) is 0. The molecule has 1 aromatic heterocycles. The zero-order chi connectivity index (χ0) is 23.6. The van der Waals surface area contributed by atoms with Gasteiger partial charge in [0.15, 0.2) is 17.2 Å². The Hall–Kier alpha value is -3.93. The molecule has 0 saturated carbocycles. The lowest BCUT2D eigenvalue weighted by Gasteiger charge is -2.19. The van der Waals surface area contributed by atoms with Gasteiger partial charge in [0.05, 0.1) is 18.4 Å². The maximum Gasteiger partial charge on any atom is 0.362 e. The second kappa shape index (κ2) is 8.90. The lowest BCUT2D eigenvalue weighted by molar-refractivity contribution is 0.0515. The summed E-state index contributed by atoms with van der Waals surface area (Å²) in [5.41, 5.74) is -1.22. The number of aromatic nitrogens is 2. The molecular formula is C21H17FN2O8S. The van der Waals surface area contributed by atoms with Crippen molar-refractivity contribution in [3.8, 4) is 22.9 Å². The number of carbonyl (C=O) groups excluding carboxylic acids is 1. The van der Waals surface area contributed by atoms with Crippen molar-refractivity contribution in [3.63, 3.8) is 0 Å². The molecule has 0 aliphatic carbocycles. The molecule has 0 atom stereocenters. The van der Waals surface area contributed by atoms with Crippen LogP contribution in [0, 0.1) is 5.82 Å². The molecule has 12 heteroatoms. The van der Waals surface area contributed by atoms with Crippen LogP contribution in [0.4, 0.5) is 4.39 Å². The number of halogens is 1. The summed E-state index contributed by atoms with van der Waals surface area (Å²) in [5, 5.41) is 3.91. The molecule has 0 N–H and O–H groups in total. The quantitative estimate of drug-likeness (QED) is 0.389. The van der Waals surface area contributed by atoms with E-state index in [4.69, 9.17) is 18.4 Å². The Balaban J connectivity index is 1.76. The van der Waals surface area contributed by atoms with Gasteiger partial charge < -0.3 is 18.4 Å². The van der Waals surface area contributed by atoms with Crippen LogP contribution in [-0.4, -0.2) is 44.0 Å². The van der Waals surface area contributed by atoms with Crippen LogP contribution in [0.2, 0.25) is 0 Å². The normalized spacial score (nSPS) is 12.8. The number of hydrogen-bond acceptors (Lipinski definition) is 9. The van der Waals surface area contributed by atoms with Gasteiger partial charge in [-0.25, -0.2) is 9.18 Å². The topological polar surface area (TPSA) is 123 Å². The predicted molar refractivity (Wildman–Crippen MR) is 111 cm³/mol. The van der Waals surface area contributed by atoms with Gasteiger partial charge >= 0.3 is 16.1 Å². The third-order valence-electron chi connectivity index (χ3n) is 4.44. The molecule has 2 heterocycles. The molecule has 10 nitrogen and oxygen atoms in total. The second-order valence-electron chi connectivity index (χ2n) is 6.65. The summed E-state index contributed by atoms with van der Waals surface area (Å²) in [6, 6.07) is 9.38. The molecule has 0 saturated heterocycles. The maximum atomic E-state index is 13.2. The molecule has 2 aromatic carbocycles. The van der Waals surface area contributed by atoms with E-state index in [0.29, 0.717) is 12.4 Å². The first-order chi connectivity index (χ1) is 15.8. The number of hydrogen-bond donors (Lipinski definition) is 0. The zero-order valence-corrected chi connectivity index (χ0v) is 18.0. The molecule has 172 valence electrons. The van der Waals surface area contributed by atoms with Crippen LogP contribution in [-0.2, 0) is 14.9 Å². The van der Waals surface area contributed by atoms with Crippen LogP contribution in [0.25, 0.3) is 5.69 Å². The molecule has 0 fully saturated rings. The van der Waals surface area contributed by atoms with E-state index in [2.05, 4.69) is 5.10 Å². The van der Waals surface area contributed by atoms with Gasteiger partial charge in [-0.1, -0.05) is 0 Å². The molecule has 4 rings (SSSR count). The van der Waals surface area contributed by atoms with Crippen LogP contribution in [0.15, 0.2) is 58.2 Å². The number of nitrogens with zero attached hydrogens (tertiary/aromatic N) is 2. The SMILES string of the molecule is CCOC(=O)c1nn(-c2ccc(F)cc2)c(=O)cc1OS(=O)(=O)c1ccc2c(c1)OCCO2. The van der Waals surface area contributed by atoms with Crippen molar-refractivity contribution in [3.05, 3.63) is 70.4 Å². The summed E-state index contributed by atoms with van der Waals surface area (Å²) < 4.78 is 60.6. The fourth-order valence-corrected chi connectivity index (χ4v) is 3.90. The average Bonchev–Trinajstić information content (AvgIpc) is 2.79. The minimum Gasteiger partial charge on any atom is -0.486 e. The number of fused-ring (bicyclic) bond motifs is 1. The van der Waals surface area contributed by atoms with E-state index in [0.717, 1.165) is 22.9 Å². The number of ether oxygens (including phenoxy) is 3. The molecule has 3 aromatic rings. The Morgan fingerprint density at radius 3 is 2.48 bits per heavy atom. The van der Waals surface area contributed by atoms with Gasteiger partial charge in [0, 0.05) is 6.07 Å². The van der Waals surface area contributed by atoms with Crippen LogP contribution < -0.4 is 19.2 Å². The highest BCUT2D eigenvalue weighted by Crippen LogP contribution is 2.33. The standard InChI is InChI=1S/C21H17FN2O8S/c1-2-29-21(26)20-18(12-19(25)24(23-20)14-5-3-13(22)4-6-14)32-33(27,28)15-7-8-16-17(11-15)31-10-9-30-16/h3-8,11-12H,2,9-10H2,1H3. The Kier molecular flexibility index (Phi) is 6.01. The van der Waals surface area contributed by atoms with Crippen molar-refractivity contribution in [1.29, 1.82) is 0 Å². The van der Waals surface area contributed by atoms with Crippen LogP contribution in [0.3, 0.4) is 0 Å². The highest BCUT2D eigenvalue weighted by Gasteiger charge is 2.27. The van der Waals surface area contributed by atoms with Gasteiger partial charge in [0.1, 0.15) is 23.9 Å². The number of rotatable bonds is 6. The fraction of sp³-hybridized carbons (Fsp3) is 0.190. The van der Waals surface area contributed by atoms with Gasteiger partial charge in [-0.05, 0) is 43.3 Å². The average molecular weight is 476 g/mol. The van der Waals surface area contributed by atoms with Crippen molar-refractivity contribution in [2.24, 2.45) is 0 Å². The van der Waals surface area contributed by atoms with Crippen molar-refractivity contribution in [1.82, 2.24) is 9.78 Å². The van der Waals surface area contributed by atoms with Crippen molar-refractivity contribution in [2.45, 2.75) is 11.8 Å². The van der Waals surface area contributed by atoms with Gasteiger partial charge in [-0.2, -0.15) is 18.2 Å². The molecule has 0 unspecified atom stereocenters. The predicted octanol–water partition coefficient (Wildman–Crippen LogP) is 2.09. The van der Waals surface area contributed by atoms with Crippen LogP contribution in [0.5, 0.6) is 17.2 Å². The van der Waals surface area contributed by atoms with E-state index >= 15 is 0 Å². The maximum absolute atomic E-state index is 13.2. The van der Waals surface area contributed by atoms with Crippen molar-refractivity contribution in [2.75, 3.05) is 19.8 Å². The molecule has 0 amide bonds. The number of carbonyl (C=O) groups is 1. The summed E-state index contributed by atoms with van der Waals surface area (Å²) in [7, 11) is -4.50. The van der Waals surface area contributed by atoms with E-state index < -0.39 is 38.9 Å². The molecule has 0 spiro atoms. The smallest absolute Gasteiger partial charge is 0.362 e. The lowest BCUT2D eigenvalue weighted by atomic mass is 10.3. The first kappa shape index (κ1) is 22.3. The third kappa shape index (κ3) is 4.65. The van der Waals surface area contributed by atoms with E-state index in [1.807, 2.05) is 0 Å². The van der Waals surface area contributed by atoms with Gasteiger partial charge in [0.2, 0.25) is 5.69 Å². The summed E-state index contributed by atoms with van der Waals surface area (Å²) in [6.45, 7) is 2.08. The highest BCUT2D eigenvalue weighted by molar-refractivity contribution is 7.87. The molecule has 0 bridgehead atoms. The summed E-state index contributed by atoms with van der Waals surface area (Å²) >= 11 is 0. The summed E-state index contributed by atoms with van der Waals surface area (Å²) in [4.78, 5) is 24.8. The molecule has 0 radical (unpaired) electrons. The second-order valence-corrected chi connectivity index (χ2v) is 8.19. The van der Waals surface area contributed by atoms with E-state index in [1.165, 1.54) is 30.3 Å². The van der Waals surface area contributed by atoms with Gasteiger partial charge in [0.25, 0.3) is 5.56 Å². The molecular weight excluding hydrogens is 459 g/mol. The minimum absolute atomic E-state index is 0.0372. The van der Waals surface area contributed by atoms with E-state index in [-0.39, 0.29) is 29.5 Å². The van der Waals surface area contributed by atoms with Crippen LogP contribution >= 0.6 is 0 Å². The first-order valence-electron chi connectivity index (χ1n) is 9.70. The Morgan fingerprint density at radius 2 is 1.79 bits per heavy atom. The molecule has 33 heavy (non-hydrogen) atoms.